The Kier molecular flexibility index (Phi) is 5.40. The van der Waals surface area contributed by atoms with Crippen LogP contribution in [0.15, 0.2) is 35.5 Å². The second kappa shape index (κ2) is 7.72. The molecule has 2 N–H and O–H groups in total. The number of thioether (sulfide) groups is 1. The van der Waals surface area contributed by atoms with Crippen LogP contribution in [0.3, 0.4) is 0 Å². The first-order valence-electron chi connectivity index (χ1n) is 7.43. The summed E-state index contributed by atoms with van der Waals surface area (Å²) in [6.45, 7) is 0. The highest BCUT2D eigenvalue weighted by molar-refractivity contribution is 7.99. The minimum absolute atomic E-state index is 0.196. The minimum atomic E-state index is -0.957. The number of carbonyl (C=O) groups excluding carboxylic acids is 1. The molecular weight excluding hydrogens is 382 g/mol. The van der Waals surface area contributed by atoms with Crippen LogP contribution in [-0.2, 0) is 4.79 Å². The number of carbonyl (C=O) groups is 1. The maximum Gasteiger partial charge on any atom is 0.225 e. The maximum atomic E-state index is 13.2. The molecule has 2 aromatic carbocycles. The van der Waals surface area contributed by atoms with Gasteiger partial charge in [0.25, 0.3) is 0 Å². The Hall–Kier alpha value is -2.63. The number of nitrogens with zero attached hydrogens (tertiary/aromatic N) is 2. The number of anilines is 1. The van der Waals surface area contributed by atoms with Crippen LogP contribution in [0.2, 0.25) is 5.02 Å². The van der Waals surface area contributed by atoms with E-state index in [2.05, 4.69) is 15.3 Å². The van der Waals surface area contributed by atoms with E-state index in [4.69, 9.17) is 16.9 Å². The first-order valence-corrected chi connectivity index (χ1v) is 8.79. The van der Waals surface area contributed by atoms with Gasteiger partial charge in [-0.2, -0.15) is 5.26 Å². The van der Waals surface area contributed by atoms with Gasteiger partial charge in [0.1, 0.15) is 6.07 Å². The zero-order valence-corrected chi connectivity index (χ0v) is 14.7. The van der Waals surface area contributed by atoms with Gasteiger partial charge >= 0.3 is 0 Å². The Balaban J connectivity index is 1.55. The van der Waals surface area contributed by atoms with E-state index in [1.54, 1.807) is 6.07 Å². The van der Waals surface area contributed by atoms with Crippen LogP contribution < -0.4 is 5.32 Å². The molecule has 0 atom stereocenters. The molecule has 0 spiro atoms. The van der Waals surface area contributed by atoms with Crippen LogP contribution in [-0.4, -0.2) is 21.6 Å². The maximum absolute atomic E-state index is 13.2. The normalized spacial score (nSPS) is 10.7. The van der Waals surface area contributed by atoms with Crippen LogP contribution >= 0.6 is 23.4 Å². The summed E-state index contributed by atoms with van der Waals surface area (Å²) in [6, 6.07) is 8.64. The average molecular weight is 393 g/mol. The summed E-state index contributed by atoms with van der Waals surface area (Å²) in [5, 5.41) is 12.2. The minimum Gasteiger partial charge on any atom is -0.333 e. The molecule has 0 saturated carbocycles. The number of amides is 1. The summed E-state index contributed by atoms with van der Waals surface area (Å²) in [6.07, 6.45) is 0.196. The monoisotopic (exact) mass is 392 g/mol. The Bertz CT molecular complexity index is 993. The van der Waals surface area contributed by atoms with E-state index >= 15 is 0 Å². The molecule has 1 aromatic heterocycles. The van der Waals surface area contributed by atoms with Gasteiger partial charge in [0, 0.05) is 30.0 Å². The third kappa shape index (κ3) is 4.12. The van der Waals surface area contributed by atoms with E-state index in [9.17, 15) is 13.6 Å². The molecule has 3 aromatic rings. The molecular formula is C17H11ClF2N4OS. The first-order chi connectivity index (χ1) is 12.5. The fourth-order valence-corrected chi connectivity index (χ4v) is 3.25. The highest BCUT2D eigenvalue weighted by atomic mass is 35.5. The summed E-state index contributed by atoms with van der Waals surface area (Å²) < 4.78 is 26.4. The smallest absolute Gasteiger partial charge is 0.225 e. The molecule has 3 rings (SSSR count). The van der Waals surface area contributed by atoms with Crippen LogP contribution in [0.25, 0.3) is 11.0 Å². The molecule has 26 heavy (non-hydrogen) atoms. The third-order valence-corrected chi connectivity index (χ3v) is 4.63. The van der Waals surface area contributed by atoms with Crippen molar-refractivity contribution in [2.45, 2.75) is 11.6 Å². The van der Waals surface area contributed by atoms with Crippen LogP contribution in [0.5, 0.6) is 0 Å². The van der Waals surface area contributed by atoms with E-state index in [1.807, 2.05) is 6.07 Å². The number of benzene rings is 2. The molecule has 0 unspecified atom stereocenters. The van der Waals surface area contributed by atoms with E-state index in [0.29, 0.717) is 33.2 Å². The molecule has 0 radical (unpaired) electrons. The summed E-state index contributed by atoms with van der Waals surface area (Å²) in [7, 11) is 0. The third-order valence-electron chi connectivity index (χ3n) is 3.44. The zero-order valence-electron chi connectivity index (χ0n) is 13.1. The number of hydrogen-bond acceptors (Lipinski definition) is 4. The number of rotatable bonds is 5. The Morgan fingerprint density at radius 2 is 2.08 bits per heavy atom. The predicted octanol–water partition coefficient (Wildman–Crippen LogP) is 4.49. The van der Waals surface area contributed by atoms with Crippen LogP contribution in [0, 0.1) is 23.0 Å². The van der Waals surface area contributed by atoms with Gasteiger partial charge in [-0.1, -0.05) is 23.4 Å². The van der Waals surface area contributed by atoms with Gasteiger partial charge < -0.3 is 10.3 Å². The van der Waals surface area contributed by atoms with Crippen molar-refractivity contribution in [1.82, 2.24) is 9.97 Å². The highest BCUT2D eigenvalue weighted by Gasteiger charge is 2.10. The molecule has 9 heteroatoms. The first kappa shape index (κ1) is 18.2. The van der Waals surface area contributed by atoms with Crippen LogP contribution in [0.4, 0.5) is 14.5 Å². The Morgan fingerprint density at radius 1 is 1.31 bits per heavy atom. The predicted molar refractivity (Wildman–Crippen MR) is 96.1 cm³/mol. The number of nitrogens with one attached hydrogen (secondary N) is 2. The largest absolute Gasteiger partial charge is 0.333 e. The summed E-state index contributed by atoms with van der Waals surface area (Å²) in [5.41, 5.74) is 1.54. The lowest BCUT2D eigenvalue weighted by molar-refractivity contribution is -0.115. The average Bonchev–Trinajstić information content (AvgIpc) is 2.97. The van der Waals surface area contributed by atoms with Crippen LogP contribution in [0.1, 0.15) is 12.0 Å². The van der Waals surface area contributed by atoms with Gasteiger partial charge in [0.05, 0.1) is 21.6 Å². The molecule has 1 amide bonds. The highest BCUT2D eigenvalue weighted by Crippen LogP contribution is 2.23. The van der Waals surface area contributed by atoms with Crippen molar-refractivity contribution in [2.24, 2.45) is 0 Å². The quantitative estimate of drug-likeness (QED) is 0.627. The second-order valence-electron chi connectivity index (χ2n) is 5.28. The van der Waals surface area contributed by atoms with Gasteiger partial charge in [-0.05, 0) is 18.2 Å². The molecule has 0 bridgehead atoms. The molecule has 0 aliphatic heterocycles. The number of aromatic amines is 1. The summed E-state index contributed by atoms with van der Waals surface area (Å²) in [4.78, 5) is 19.0. The second-order valence-corrected chi connectivity index (χ2v) is 6.77. The number of imidazole rings is 1. The number of hydrogen-bond donors (Lipinski definition) is 2. The Morgan fingerprint density at radius 3 is 2.81 bits per heavy atom. The SMILES string of the molecule is N#Cc1ccc(NC(=O)CCSc2nc3cc(F)c(F)cc3[nH]2)cc1Cl. The lowest BCUT2D eigenvalue weighted by atomic mass is 10.2. The van der Waals surface area contributed by atoms with Gasteiger partial charge in [-0.15, -0.1) is 0 Å². The number of H-pyrrole nitrogens is 1. The summed E-state index contributed by atoms with van der Waals surface area (Å²) in [5.74, 6) is -1.72. The van der Waals surface area contributed by atoms with Gasteiger partial charge in [-0.25, -0.2) is 13.8 Å². The number of fused-ring (bicyclic) bond motifs is 1. The Labute approximate surface area is 156 Å². The molecule has 0 fully saturated rings. The lowest BCUT2D eigenvalue weighted by Gasteiger charge is -2.05. The van der Waals surface area contributed by atoms with E-state index in [1.165, 1.54) is 23.9 Å². The van der Waals surface area contributed by atoms with Crippen molar-refractivity contribution >= 4 is 46.0 Å². The van der Waals surface area contributed by atoms with Gasteiger partial charge in [0.2, 0.25) is 5.91 Å². The number of halogens is 3. The van der Waals surface area contributed by atoms with Crippen molar-refractivity contribution in [1.29, 1.82) is 5.26 Å². The van der Waals surface area contributed by atoms with E-state index in [-0.39, 0.29) is 17.4 Å². The van der Waals surface area contributed by atoms with Crippen molar-refractivity contribution in [2.75, 3.05) is 11.1 Å². The van der Waals surface area contributed by atoms with Gasteiger partial charge in [-0.3, -0.25) is 4.79 Å². The molecule has 0 saturated heterocycles. The van der Waals surface area contributed by atoms with Crippen molar-refractivity contribution in [3.05, 3.63) is 52.6 Å². The summed E-state index contributed by atoms with van der Waals surface area (Å²) >= 11 is 7.18. The fraction of sp³-hybridized carbons (Fsp3) is 0.118. The standard InChI is InChI=1S/C17H11ClF2N4OS/c18-11-5-10(2-1-9(11)8-21)22-16(25)3-4-26-17-23-14-6-12(19)13(20)7-15(14)24-17/h1-2,5-7H,3-4H2,(H,22,25)(H,23,24). The lowest BCUT2D eigenvalue weighted by Crippen LogP contribution is -2.12. The molecule has 132 valence electrons. The van der Waals surface area contributed by atoms with Gasteiger partial charge in [0.15, 0.2) is 16.8 Å². The van der Waals surface area contributed by atoms with Crippen molar-refractivity contribution in [3.8, 4) is 6.07 Å². The number of aromatic nitrogens is 2. The van der Waals surface area contributed by atoms with E-state index in [0.717, 1.165) is 12.1 Å². The molecule has 0 aliphatic rings. The number of nitriles is 1. The van der Waals surface area contributed by atoms with Crippen molar-refractivity contribution in [3.63, 3.8) is 0 Å². The van der Waals surface area contributed by atoms with Crippen molar-refractivity contribution < 1.29 is 13.6 Å². The zero-order chi connectivity index (χ0) is 18.7. The molecule has 1 heterocycles. The molecule has 0 aliphatic carbocycles. The fourth-order valence-electron chi connectivity index (χ4n) is 2.20. The van der Waals surface area contributed by atoms with E-state index < -0.39 is 11.6 Å². The molecule has 5 nitrogen and oxygen atoms in total. The topological polar surface area (TPSA) is 81.6 Å².